The third kappa shape index (κ3) is 3.00. The fourth-order valence-electron chi connectivity index (χ4n) is 1.96. The Morgan fingerprint density at radius 1 is 1.42 bits per heavy atom. The third-order valence-electron chi connectivity index (χ3n) is 2.99. The summed E-state index contributed by atoms with van der Waals surface area (Å²) in [5.74, 6) is -1.38. The van der Waals surface area contributed by atoms with E-state index in [0.29, 0.717) is 0 Å². The molecule has 0 bridgehead atoms. The summed E-state index contributed by atoms with van der Waals surface area (Å²) in [6.45, 7) is 3.66. The average molecular weight is 357 g/mol. The van der Waals surface area contributed by atoms with E-state index in [-0.39, 0.29) is 29.1 Å². The molecule has 2 rings (SSSR count). The van der Waals surface area contributed by atoms with E-state index in [1.165, 1.54) is 12.1 Å². The first-order valence-corrected chi connectivity index (χ1v) is 6.19. The average Bonchev–Trinajstić information content (AvgIpc) is 2.29. The number of halogens is 4. The van der Waals surface area contributed by atoms with E-state index >= 15 is 0 Å². The van der Waals surface area contributed by atoms with Crippen molar-refractivity contribution in [3.63, 3.8) is 0 Å². The summed E-state index contributed by atoms with van der Waals surface area (Å²) in [7, 11) is 0. The van der Waals surface area contributed by atoms with Crippen molar-refractivity contribution in [3.05, 3.63) is 33.8 Å². The van der Waals surface area contributed by atoms with Gasteiger partial charge < -0.3 is 10.1 Å². The van der Waals surface area contributed by atoms with Crippen molar-refractivity contribution in [1.29, 1.82) is 0 Å². The van der Waals surface area contributed by atoms with Gasteiger partial charge in [0.25, 0.3) is 0 Å². The maximum Gasteiger partial charge on any atom is 0.407 e. The van der Waals surface area contributed by atoms with Crippen molar-refractivity contribution < 1.29 is 18.3 Å². The molecule has 1 saturated heterocycles. The van der Waals surface area contributed by atoms with Gasteiger partial charge in [0.2, 0.25) is 0 Å². The topological polar surface area (TPSA) is 38.3 Å². The van der Waals surface area contributed by atoms with Gasteiger partial charge in [0.05, 0.1) is 10.5 Å². The van der Waals surface area contributed by atoms with Crippen LogP contribution in [0.15, 0.2) is 16.6 Å². The van der Waals surface area contributed by atoms with Crippen LogP contribution in [-0.4, -0.2) is 12.7 Å². The van der Waals surface area contributed by atoms with Crippen LogP contribution < -0.4 is 5.32 Å². The van der Waals surface area contributed by atoms with E-state index in [1.807, 2.05) is 0 Å². The molecule has 7 heteroatoms. The first-order chi connectivity index (χ1) is 8.33. The number of benzene rings is 1. The molecular weight excluding hydrogens is 343 g/mol. The molecule has 0 aromatic heterocycles. The van der Waals surface area contributed by atoms with E-state index in [0.717, 1.165) is 0 Å². The zero-order chi connectivity index (χ0) is 13.5. The van der Waals surface area contributed by atoms with Crippen molar-refractivity contribution in [1.82, 2.24) is 5.32 Å². The lowest BCUT2D eigenvalue weighted by atomic mass is 9.80. The molecule has 1 atom stereocenters. The number of alkyl carbamates (subject to hydrolysis) is 1. The summed E-state index contributed by atoms with van der Waals surface area (Å²) in [5.41, 5.74) is -0.748. The van der Waals surface area contributed by atoms with Crippen LogP contribution in [-0.2, 0) is 4.74 Å². The normalized spacial score (nSPS) is 21.1. The molecule has 0 radical (unpaired) electrons. The predicted octanol–water partition coefficient (Wildman–Crippen LogP) is 3.96. The van der Waals surface area contributed by atoms with Crippen LogP contribution in [0, 0.1) is 17.0 Å². The number of ether oxygens (including phenoxy) is 1. The fourth-order valence-corrected chi connectivity index (χ4v) is 2.31. The van der Waals surface area contributed by atoms with Gasteiger partial charge in [-0.3, -0.25) is 0 Å². The molecule has 1 aromatic carbocycles. The zero-order valence-electron chi connectivity index (χ0n) is 10.3. The predicted molar refractivity (Wildman–Crippen MR) is 72.3 cm³/mol. The summed E-state index contributed by atoms with van der Waals surface area (Å²) in [6.07, 6.45) is -0.668. The third-order valence-corrected chi connectivity index (χ3v) is 3.60. The van der Waals surface area contributed by atoms with Crippen molar-refractivity contribution in [2.45, 2.75) is 19.9 Å². The largest absolute Gasteiger partial charge is 0.449 e. The maximum absolute atomic E-state index is 14.0. The second-order valence-electron chi connectivity index (χ2n) is 4.90. The van der Waals surface area contributed by atoms with Crippen LogP contribution in [0.25, 0.3) is 0 Å². The van der Waals surface area contributed by atoms with Crippen molar-refractivity contribution >= 4 is 34.4 Å². The van der Waals surface area contributed by atoms with Gasteiger partial charge in [0.15, 0.2) is 0 Å². The molecule has 3 nitrogen and oxygen atoms in total. The van der Waals surface area contributed by atoms with Crippen LogP contribution in [0.5, 0.6) is 0 Å². The van der Waals surface area contributed by atoms with E-state index in [2.05, 4.69) is 21.2 Å². The number of hydrogen-bond donors (Lipinski definition) is 1. The van der Waals surface area contributed by atoms with Crippen molar-refractivity contribution in [2.75, 3.05) is 6.61 Å². The molecule has 1 aliphatic rings. The Morgan fingerprint density at radius 2 is 2.05 bits per heavy atom. The number of rotatable bonds is 1. The van der Waals surface area contributed by atoms with Crippen LogP contribution in [0.1, 0.15) is 25.5 Å². The maximum atomic E-state index is 14.0. The Balaban J connectivity index is 0.00000180. The van der Waals surface area contributed by atoms with Crippen molar-refractivity contribution in [3.8, 4) is 0 Å². The molecule has 0 unspecified atom stereocenters. The molecule has 0 spiro atoms. The van der Waals surface area contributed by atoms with E-state index in [1.54, 1.807) is 13.8 Å². The van der Waals surface area contributed by atoms with Gasteiger partial charge in [-0.1, -0.05) is 13.8 Å². The number of carbonyl (C=O) groups is 1. The van der Waals surface area contributed by atoms with Gasteiger partial charge in [-0.25, -0.2) is 13.6 Å². The van der Waals surface area contributed by atoms with Crippen LogP contribution >= 0.6 is 28.3 Å². The number of carbonyl (C=O) groups excluding carboxylic acids is 1. The minimum absolute atomic E-state index is 0. The van der Waals surface area contributed by atoms with Crippen LogP contribution in [0.3, 0.4) is 0 Å². The summed E-state index contributed by atoms with van der Waals surface area (Å²) in [4.78, 5) is 11.3. The lowest BCUT2D eigenvalue weighted by Gasteiger charge is -2.38. The molecule has 0 aliphatic carbocycles. The molecule has 106 valence electrons. The van der Waals surface area contributed by atoms with Gasteiger partial charge in [0, 0.05) is 11.0 Å². The Morgan fingerprint density at radius 3 is 2.68 bits per heavy atom. The highest BCUT2D eigenvalue weighted by atomic mass is 79.9. The Hall–Kier alpha value is -0.880. The smallest absolute Gasteiger partial charge is 0.407 e. The summed E-state index contributed by atoms with van der Waals surface area (Å²) >= 11 is 3.01. The van der Waals surface area contributed by atoms with Gasteiger partial charge in [-0.05, 0) is 28.1 Å². The van der Waals surface area contributed by atoms with Crippen molar-refractivity contribution in [2.24, 2.45) is 5.41 Å². The van der Waals surface area contributed by atoms with E-state index < -0.39 is 29.2 Å². The Labute approximate surface area is 124 Å². The van der Waals surface area contributed by atoms with Crippen LogP contribution in [0.2, 0.25) is 0 Å². The minimum Gasteiger partial charge on any atom is -0.449 e. The quantitative estimate of drug-likeness (QED) is 0.774. The minimum atomic E-state index is -0.767. The molecule has 1 N–H and O–H groups in total. The summed E-state index contributed by atoms with van der Waals surface area (Å²) in [6, 6.07) is 1.69. The molecule has 1 heterocycles. The SMILES string of the molecule is CC1(C)COC(=O)N[C@H]1c1c(F)ccc(Br)c1F.Cl. The highest BCUT2D eigenvalue weighted by molar-refractivity contribution is 9.10. The van der Waals surface area contributed by atoms with Gasteiger partial charge >= 0.3 is 6.09 Å². The van der Waals surface area contributed by atoms with Gasteiger partial charge in [-0.15, -0.1) is 12.4 Å². The summed E-state index contributed by atoms with van der Waals surface area (Å²) in [5, 5.41) is 2.47. The standard InChI is InChI=1S/C12H12BrF2NO2.ClH/c1-12(2)5-18-11(17)16-10(12)8-7(14)4-3-6(13)9(8)15;/h3-4,10H,5H2,1-2H3,(H,16,17);1H/t10-;/m0./s1. The van der Waals surface area contributed by atoms with Crippen LogP contribution in [0.4, 0.5) is 13.6 Å². The van der Waals surface area contributed by atoms with Gasteiger partial charge in [0.1, 0.15) is 18.2 Å². The number of cyclic esters (lactones) is 1. The molecule has 1 fully saturated rings. The first-order valence-electron chi connectivity index (χ1n) is 5.39. The fraction of sp³-hybridized carbons (Fsp3) is 0.417. The van der Waals surface area contributed by atoms with Gasteiger partial charge in [-0.2, -0.15) is 0 Å². The summed E-state index contributed by atoms with van der Waals surface area (Å²) < 4.78 is 32.9. The lowest BCUT2D eigenvalue weighted by Crippen LogP contribution is -2.47. The highest BCUT2D eigenvalue weighted by Crippen LogP contribution is 2.39. The molecule has 1 aromatic rings. The Bertz CT molecular complexity index is 511. The van der Waals surface area contributed by atoms with E-state index in [9.17, 15) is 13.6 Å². The number of nitrogens with one attached hydrogen (secondary N) is 1. The monoisotopic (exact) mass is 355 g/mol. The number of amides is 1. The van der Waals surface area contributed by atoms with E-state index in [4.69, 9.17) is 4.74 Å². The molecule has 1 amide bonds. The molecular formula is C12H13BrClF2NO2. The Kier molecular flexibility index (Phi) is 4.79. The molecule has 19 heavy (non-hydrogen) atoms. The molecule has 0 saturated carbocycles. The second kappa shape index (κ2) is 5.63. The number of hydrogen-bond acceptors (Lipinski definition) is 2. The lowest BCUT2D eigenvalue weighted by molar-refractivity contribution is 0.0367. The first kappa shape index (κ1) is 16.2. The zero-order valence-corrected chi connectivity index (χ0v) is 12.7. The second-order valence-corrected chi connectivity index (χ2v) is 5.75. The highest BCUT2D eigenvalue weighted by Gasteiger charge is 2.41. The molecule has 1 aliphatic heterocycles.